The molecule has 2 aromatic rings. The molecule has 0 radical (unpaired) electrons. The maximum Gasteiger partial charge on any atom is 0.176 e. The molecule has 0 spiro atoms. The average molecular weight is 517 g/mol. The number of ether oxygens (including phenoxy) is 6. The molecule has 186 valence electrons. The van der Waals surface area contributed by atoms with Crippen molar-refractivity contribution in [3.05, 3.63) is 32.5 Å². The molecule has 0 saturated carbocycles. The van der Waals surface area contributed by atoms with Gasteiger partial charge in [0.15, 0.2) is 28.8 Å². The Hall–Kier alpha value is -1.71. The minimum absolute atomic E-state index is 0.204. The normalized spacial score (nSPS) is 18.7. The molecule has 6 heterocycles. The van der Waals surface area contributed by atoms with Crippen molar-refractivity contribution in [3.8, 4) is 23.0 Å². The van der Waals surface area contributed by atoms with E-state index in [4.69, 9.17) is 28.4 Å². The summed E-state index contributed by atoms with van der Waals surface area (Å²) in [5.41, 5.74) is 0. The summed E-state index contributed by atoms with van der Waals surface area (Å²) in [6.07, 6.45) is 0. The van der Waals surface area contributed by atoms with Crippen molar-refractivity contribution in [3.63, 3.8) is 0 Å². The van der Waals surface area contributed by atoms with E-state index in [1.807, 2.05) is 69.4 Å². The maximum atomic E-state index is 5.77. The van der Waals surface area contributed by atoms with Crippen LogP contribution in [0, 0.1) is 0 Å². The van der Waals surface area contributed by atoms with Gasteiger partial charge in [0.05, 0.1) is 10.6 Å². The van der Waals surface area contributed by atoms with E-state index in [1.165, 1.54) is 4.88 Å². The van der Waals surface area contributed by atoms with Crippen LogP contribution in [0.5, 0.6) is 23.0 Å². The van der Waals surface area contributed by atoms with Crippen LogP contribution < -0.4 is 18.9 Å². The van der Waals surface area contributed by atoms with Crippen LogP contribution in [0.2, 0.25) is 0 Å². The van der Waals surface area contributed by atoms with Crippen molar-refractivity contribution in [2.24, 2.45) is 0 Å². The number of thioether (sulfide) groups is 1. The molecule has 4 aliphatic heterocycles. The molecule has 1 atom stereocenters. The first kappa shape index (κ1) is 27.5. The average Bonchev–Trinajstić information content (AvgIpc) is 3.66. The van der Waals surface area contributed by atoms with Crippen LogP contribution in [0.25, 0.3) is 0 Å². The first-order valence-electron chi connectivity index (χ1n) is 11.7. The summed E-state index contributed by atoms with van der Waals surface area (Å²) in [6.45, 7) is 15.9. The second-order valence-electron chi connectivity index (χ2n) is 5.96. The van der Waals surface area contributed by atoms with Crippen molar-refractivity contribution in [2.75, 3.05) is 45.4 Å². The van der Waals surface area contributed by atoms with Gasteiger partial charge in [0.1, 0.15) is 50.7 Å². The predicted molar refractivity (Wildman–Crippen MR) is 139 cm³/mol. The van der Waals surface area contributed by atoms with E-state index in [0.29, 0.717) is 39.6 Å². The van der Waals surface area contributed by atoms with Crippen LogP contribution in [0.3, 0.4) is 0 Å². The second-order valence-corrected chi connectivity index (χ2v) is 8.71. The van der Waals surface area contributed by atoms with Gasteiger partial charge in [-0.3, -0.25) is 0 Å². The van der Waals surface area contributed by atoms with E-state index < -0.39 is 0 Å². The minimum Gasteiger partial charge on any atom is -0.490 e. The van der Waals surface area contributed by atoms with Crippen molar-refractivity contribution in [2.45, 2.75) is 46.8 Å². The van der Waals surface area contributed by atoms with Crippen molar-refractivity contribution in [1.82, 2.24) is 0 Å². The lowest BCUT2D eigenvalue weighted by Crippen LogP contribution is -2.16. The third-order valence-corrected chi connectivity index (χ3v) is 7.34. The summed E-state index contributed by atoms with van der Waals surface area (Å²) >= 11 is 5.11. The van der Waals surface area contributed by atoms with Gasteiger partial charge in [-0.15, -0.1) is 34.4 Å². The topological polar surface area (TPSA) is 55.4 Å². The Labute approximate surface area is 210 Å². The van der Waals surface area contributed by atoms with E-state index in [-0.39, 0.29) is 5.25 Å². The zero-order valence-electron chi connectivity index (χ0n) is 20.4. The highest BCUT2D eigenvalue weighted by Crippen LogP contribution is 2.54. The van der Waals surface area contributed by atoms with Crippen LogP contribution in [0.1, 0.15) is 51.7 Å². The van der Waals surface area contributed by atoms with Gasteiger partial charge in [-0.25, -0.2) is 0 Å². The van der Waals surface area contributed by atoms with E-state index >= 15 is 0 Å². The standard InChI is InChI=1S/C12H12O4S2.C6H6O2S.3C2H6/c1-3-15-9-7(13-1)5-17-11(9)12-10-8(6-18-12)14-2-4-16-10;1-2-8-6-4-9-3-5(6)7-1;3*1-2/h5,12H,1-4,6H2;3-4H,1-2H2;3*1-2H3. The molecular formula is C24H36O6S3. The Morgan fingerprint density at radius 3 is 1.85 bits per heavy atom. The highest BCUT2D eigenvalue weighted by Gasteiger charge is 2.37. The lowest BCUT2D eigenvalue weighted by atomic mass is 10.2. The van der Waals surface area contributed by atoms with Crippen molar-refractivity contribution in [1.29, 1.82) is 0 Å². The van der Waals surface area contributed by atoms with Gasteiger partial charge < -0.3 is 28.4 Å². The summed E-state index contributed by atoms with van der Waals surface area (Å²) in [6, 6.07) is 0. The third kappa shape index (κ3) is 6.90. The molecule has 0 N–H and O–H groups in total. The lowest BCUT2D eigenvalue weighted by Gasteiger charge is -2.21. The first-order valence-corrected chi connectivity index (χ1v) is 14.6. The van der Waals surface area contributed by atoms with E-state index in [9.17, 15) is 0 Å². The molecule has 9 heteroatoms. The highest BCUT2D eigenvalue weighted by atomic mass is 32.2. The quantitative estimate of drug-likeness (QED) is 0.398. The molecule has 1 unspecified atom stereocenters. The second kappa shape index (κ2) is 15.2. The molecule has 0 fully saturated rings. The zero-order valence-corrected chi connectivity index (χ0v) is 22.9. The SMILES string of the molecule is CC.CC.CC.c1sc(C2SCC3=C2OCCO3)c2c1OCCO2.c1scc2c1OCCO2. The predicted octanol–water partition coefficient (Wildman–Crippen LogP) is 7.16. The Morgan fingerprint density at radius 2 is 1.18 bits per heavy atom. The fourth-order valence-corrected chi connectivity index (χ4v) is 6.20. The summed E-state index contributed by atoms with van der Waals surface area (Å²) in [4.78, 5) is 1.19. The molecule has 33 heavy (non-hydrogen) atoms. The molecule has 0 aromatic carbocycles. The van der Waals surface area contributed by atoms with E-state index in [1.54, 1.807) is 22.7 Å². The fraction of sp³-hybridized carbons (Fsp3) is 0.583. The van der Waals surface area contributed by atoms with Crippen molar-refractivity contribution < 1.29 is 28.4 Å². The van der Waals surface area contributed by atoms with Gasteiger partial charge in [0, 0.05) is 16.1 Å². The largest absolute Gasteiger partial charge is 0.490 e. The van der Waals surface area contributed by atoms with Gasteiger partial charge in [0.2, 0.25) is 0 Å². The third-order valence-electron chi connectivity index (χ3n) is 4.27. The summed E-state index contributed by atoms with van der Waals surface area (Å²) in [5, 5.41) is 6.13. The summed E-state index contributed by atoms with van der Waals surface area (Å²) < 4.78 is 33.2. The monoisotopic (exact) mass is 516 g/mol. The summed E-state index contributed by atoms with van der Waals surface area (Å²) in [7, 11) is 0. The molecule has 6 nitrogen and oxygen atoms in total. The molecule has 0 bridgehead atoms. The Morgan fingerprint density at radius 1 is 0.636 bits per heavy atom. The first-order chi connectivity index (χ1) is 16.4. The van der Waals surface area contributed by atoms with Crippen LogP contribution in [0.15, 0.2) is 27.7 Å². The highest BCUT2D eigenvalue weighted by molar-refractivity contribution is 8.00. The van der Waals surface area contributed by atoms with Gasteiger partial charge in [-0.1, -0.05) is 41.5 Å². The molecule has 6 rings (SSSR count). The zero-order chi connectivity index (χ0) is 24.1. The van der Waals surface area contributed by atoms with Gasteiger partial charge in [-0.2, -0.15) is 0 Å². The van der Waals surface area contributed by atoms with Crippen LogP contribution in [-0.4, -0.2) is 45.4 Å². The molecule has 2 aromatic heterocycles. The van der Waals surface area contributed by atoms with Crippen LogP contribution in [0.4, 0.5) is 0 Å². The number of fused-ring (bicyclic) bond motifs is 2. The fourth-order valence-electron chi connectivity index (χ4n) is 3.08. The molecule has 0 aliphatic carbocycles. The number of hydrogen-bond donors (Lipinski definition) is 0. The van der Waals surface area contributed by atoms with Crippen LogP contribution >= 0.6 is 34.4 Å². The number of hydrogen-bond acceptors (Lipinski definition) is 9. The number of rotatable bonds is 1. The Balaban J connectivity index is 0.000000217. The smallest absolute Gasteiger partial charge is 0.176 e. The Kier molecular flexibility index (Phi) is 12.7. The molecule has 0 amide bonds. The number of thiophene rings is 2. The Bertz CT molecular complexity index is 825. The summed E-state index contributed by atoms with van der Waals surface area (Å²) in [5.74, 6) is 6.41. The van der Waals surface area contributed by atoms with Gasteiger partial charge >= 0.3 is 0 Å². The maximum absolute atomic E-state index is 5.77. The molecule has 0 saturated heterocycles. The molecule has 4 aliphatic rings. The lowest BCUT2D eigenvalue weighted by molar-refractivity contribution is 0.0640. The van der Waals surface area contributed by atoms with Crippen LogP contribution in [-0.2, 0) is 9.47 Å². The van der Waals surface area contributed by atoms with E-state index in [2.05, 4.69) is 0 Å². The van der Waals surface area contributed by atoms with E-state index in [0.717, 1.165) is 40.3 Å². The minimum atomic E-state index is 0.204. The molecular weight excluding hydrogens is 480 g/mol. The van der Waals surface area contributed by atoms with Crippen molar-refractivity contribution >= 4 is 34.4 Å². The van der Waals surface area contributed by atoms with Gasteiger partial charge in [0.25, 0.3) is 0 Å². The van der Waals surface area contributed by atoms with Gasteiger partial charge in [-0.05, 0) is 0 Å².